The molecule has 2 rings (SSSR count). The van der Waals surface area contributed by atoms with E-state index in [1.165, 1.54) is 0 Å². The zero-order valence-electron chi connectivity index (χ0n) is 16.4. The number of allylic oxidation sites excluding steroid dienone is 1. The number of alkyl halides is 9. The zero-order chi connectivity index (χ0) is 23.0. The van der Waals surface area contributed by atoms with Gasteiger partial charge in [-0.25, -0.2) is 0 Å². The summed E-state index contributed by atoms with van der Waals surface area (Å²) in [6.45, 7) is 4.80. The molecule has 2 aliphatic heterocycles. The van der Waals surface area contributed by atoms with Gasteiger partial charge in [0.15, 0.2) is 9.04 Å². The Bertz CT molecular complexity index is 613. The third-order valence-corrected chi connectivity index (χ3v) is 14.2. The fraction of sp³-hybridized carbons (Fsp3) is 0.882. The summed E-state index contributed by atoms with van der Waals surface area (Å²) in [7, 11) is -5.93. The van der Waals surface area contributed by atoms with Crippen LogP contribution in [0.4, 0.5) is 39.5 Å². The highest BCUT2D eigenvalue weighted by Gasteiger charge is 2.83. The van der Waals surface area contributed by atoms with Crippen LogP contribution in [-0.2, 0) is 8.85 Å². The summed E-state index contributed by atoms with van der Waals surface area (Å²) in [6, 6.07) is 0.793. The first kappa shape index (κ1) is 25.7. The lowest BCUT2D eigenvalue weighted by Gasteiger charge is -2.47. The van der Waals surface area contributed by atoms with Gasteiger partial charge in [0.1, 0.15) is 0 Å². The highest BCUT2D eigenvalue weighted by atomic mass is 28.4. The van der Waals surface area contributed by atoms with Crippen molar-refractivity contribution in [2.45, 2.75) is 80.2 Å². The van der Waals surface area contributed by atoms with Crippen LogP contribution in [0.15, 0.2) is 11.8 Å². The summed E-state index contributed by atoms with van der Waals surface area (Å²) >= 11 is 0. The van der Waals surface area contributed by atoms with Crippen molar-refractivity contribution in [3.8, 4) is 0 Å². The summed E-state index contributed by atoms with van der Waals surface area (Å²) in [5.41, 5.74) is -2.53. The van der Waals surface area contributed by atoms with E-state index in [1.807, 2.05) is 0 Å². The molecule has 2 fully saturated rings. The van der Waals surface area contributed by atoms with Gasteiger partial charge in [-0.1, -0.05) is 25.0 Å². The predicted octanol–water partition coefficient (Wildman–Crippen LogP) is 6.23. The lowest BCUT2D eigenvalue weighted by molar-refractivity contribution is -0.396. The molecule has 30 heavy (non-hydrogen) atoms. The Morgan fingerprint density at radius 2 is 1.53 bits per heavy atom. The van der Waals surface area contributed by atoms with E-state index in [9.17, 15) is 39.5 Å². The van der Waals surface area contributed by atoms with Gasteiger partial charge in [0.2, 0.25) is 8.32 Å². The molecular weight excluding hydrogens is 463 g/mol. The highest BCUT2D eigenvalue weighted by molar-refractivity contribution is 6.83. The van der Waals surface area contributed by atoms with E-state index in [-0.39, 0.29) is 23.9 Å². The molecular formula is C17H25F9O2Si2. The Hall–Kier alpha value is -0.536. The Morgan fingerprint density at radius 1 is 0.933 bits per heavy atom. The van der Waals surface area contributed by atoms with E-state index >= 15 is 0 Å². The molecule has 2 aliphatic rings. The van der Waals surface area contributed by atoms with Crippen molar-refractivity contribution < 1.29 is 48.4 Å². The Morgan fingerprint density at radius 3 is 2.00 bits per heavy atom. The van der Waals surface area contributed by atoms with Crippen LogP contribution in [0.2, 0.25) is 23.7 Å². The first-order valence-corrected chi connectivity index (χ1v) is 14.0. The Balaban J connectivity index is 2.39. The van der Waals surface area contributed by atoms with Crippen molar-refractivity contribution in [2.75, 3.05) is 13.2 Å². The van der Waals surface area contributed by atoms with Crippen molar-refractivity contribution in [3.05, 3.63) is 11.8 Å². The lowest BCUT2D eigenvalue weighted by atomic mass is 10.0. The second-order valence-corrected chi connectivity index (χ2v) is 14.7. The minimum absolute atomic E-state index is 0.0556. The van der Waals surface area contributed by atoms with Gasteiger partial charge < -0.3 is 8.85 Å². The Labute approximate surface area is 171 Å². The minimum atomic E-state index is -6.90. The molecule has 2 nitrogen and oxygen atoms in total. The Kier molecular flexibility index (Phi) is 7.52. The second kappa shape index (κ2) is 8.77. The van der Waals surface area contributed by atoms with Crippen molar-refractivity contribution in [2.24, 2.45) is 0 Å². The van der Waals surface area contributed by atoms with E-state index in [4.69, 9.17) is 8.85 Å². The quantitative estimate of drug-likeness (QED) is 0.312. The first-order chi connectivity index (χ1) is 13.6. The van der Waals surface area contributed by atoms with Crippen molar-refractivity contribution >= 4 is 17.4 Å². The average molecular weight is 489 g/mol. The van der Waals surface area contributed by atoms with Gasteiger partial charge in [0, 0.05) is 18.8 Å². The monoisotopic (exact) mass is 488 g/mol. The summed E-state index contributed by atoms with van der Waals surface area (Å²) in [5.74, 6) is -19.2. The fourth-order valence-electron chi connectivity index (χ4n) is 4.11. The number of rotatable bonds is 7. The fourth-order valence-corrected chi connectivity index (χ4v) is 12.5. The van der Waals surface area contributed by atoms with E-state index in [1.54, 1.807) is 0 Å². The van der Waals surface area contributed by atoms with Crippen LogP contribution >= 0.6 is 0 Å². The van der Waals surface area contributed by atoms with Crippen molar-refractivity contribution in [3.63, 3.8) is 0 Å². The van der Waals surface area contributed by atoms with Crippen LogP contribution in [0.25, 0.3) is 0 Å². The molecule has 13 heteroatoms. The molecule has 0 bridgehead atoms. The number of hydrogen-bond acceptors (Lipinski definition) is 2. The molecule has 176 valence electrons. The number of hydrogen-bond donors (Lipinski definition) is 0. The largest absolute Gasteiger partial charge is 0.460 e. The molecule has 0 saturated carbocycles. The van der Waals surface area contributed by atoms with Crippen molar-refractivity contribution in [1.82, 2.24) is 0 Å². The van der Waals surface area contributed by atoms with Gasteiger partial charge in [0.05, 0.1) is 0 Å². The van der Waals surface area contributed by atoms with Crippen LogP contribution in [0.5, 0.6) is 0 Å². The normalized spacial score (nSPS) is 28.3. The molecule has 0 aromatic carbocycles. The molecule has 2 heterocycles. The average Bonchev–Trinajstić information content (AvgIpc) is 2.67. The van der Waals surface area contributed by atoms with Gasteiger partial charge in [-0.3, -0.25) is 0 Å². The van der Waals surface area contributed by atoms with E-state index < -0.39 is 46.8 Å². The van der Waals surface area contributed by atoms with Gasteiger partial charge in [-0.05, 0) is 31.0 Å². The zero-order valence-corrected chi connectivity index (χ0v) is 18.6. The second-order valence-electron chi connectivity index (χ2n) is 7.98. The van der Waals surface area contributed by atoms with Gasteiger partial charge in [-0.15, -0.1) is 6.58 Å². The SMILES string of the molecule is C=C(C[SiH]1CCCCO1)[Si]1(C(C)C(F)(F)C(F)(F)C(F)(F)C(F)(F)F)CCCCO1. The van der Waals surface area contributed by atoms with Gasteiger partial charge in [-0.2, -0.15) is 39.5 Å². The van der Waals surface area contributed by atoms with Gasteiger partial charge >= 0.3 is 23.9 Å². The molecule has 0 radical (unpaired) electrons. The standard InChI is InChI=1S/C17H25F9O2Si2/c1-12(11-29-9-5-3-7-27-29)30(10-6-4-8-28-30)13(2)14(18,19)15(20,21)16(22,23)17(24,25)26/h13,29H,1,3-11H2,2H3. The third kappa shape index (κ3) is 4.35. The molecule has 0 aliphatic carbocycles. The van der Waals surface area contributed by atoms with E-state index in [0.717, 1.165) is 18.9 Å². The van der Waals surface area contributed by atoms with Crippen LogP contribution < -0.4 is 0 Å². The molecule has 0 amide bonds. The smallest absolute Gasteiger partial charge is 0.420 e. The lowest BCUT2D eigenvalue weighted by Crippen LogP contribution is -2.66. The molecule has 3 unspecified atom stereocenters. The van der Waals surface area contributed by atoms with Crippen LogP contribution in [-0.4, -0.2) is 54.5 Å². The molecule has 0 N–H and O–H groups in total. The van der Waals surface area contributed by atoms with Crippen LogP contribution in [0, 0.1) is 0 Å². The maximum atomic E-state index is 14.8. The molecule has 0 aromatic heterocycles. The predicted molar refractivity (Wildman–Crippen MR) is 97.2 cm³/mol. The van der Waals surface area contributed by atoms with Gasteiger partial charge in [0.25, 0.3) is 0 Å². The summed E-state index contributed by atoms with van der Waals surface area (Å²) < 4.78 is 133. The summed E-state index contributed by atoms with van der Waals surface area (Å²) in [6.07, 6.45) is -4.36. The minimum Gasteiger partial charge on any atom is -0.420 e. The molecule has 2 saturated heterocycles. The maximum Gasteiger partial charge on any atom is 0.460 e. The molecule has 0 spiro atoms. The van der Waals surface area contributed by atoms with Crippen LogP contribution in [0.3, 0.4) is 0 Å². The van der Waals surface area contributed by atoms with Crippen LogP contribution in [0.1, 0.15) is 32.6 Å². The van der Waals surface area contributed by atoms with E-state index in [2.05, 4.69) is 6.58 Å². The summed E-state index contributed by atoms with van der Waals surface area (Å²) in [5, 5.41) is 0.138. The topological polar surface area (TPSA) is 18.5 Å². The summed E-state index contributed by atoms with van der Waals surface area (Å²) in [4.78, 5) is 0. The first-order valence-electron chi connectivity index (χ1n) is 9.75. The number of halogens is 9. The maximum absolute atomic E-state index is 14.8. The highest BCUT2D eigenvalue weighted by Crippen LogP contribution is 2.59. The van der Waals surface area contributed by atoms with E-state index in [0.29, 0.717) is 26.4 Å². The van der Waals surface area contributed by atoms with Crippen molar-refractivity contribution in [1.29, 1.82) is 0 Å². The molecule has 0 aromatic rings. The molecule has 3 atom stereocenters. The third-order valence-electron chi connectivity index (χ3n) is 6.06.